The molecule has 0 saturated heterocycles. The van der Waals surface area contributed by atoms with Gasteiger partial charge >= 0.3 is 0 Å². The molecule has 0 atom stereocenters. The molecule has 2 rings (SSSR count). The van der Waals surface area contributed by atoms with Crippen LogP contribution in [0, 0.1) is 13.8 Å². The molecule has 4 heteroatoms. The van der Waals surface area contributed by atoms with Gasteiger partial charge in [-0.25, -0.2) is 0 Å². The summed E-state index contributed by atoms with van der Waals surface area (Å²) in [4.78, 5) is 0. The first-order valence-corrected chi connectivity index (χ1v) is 8.32. The lowest BCUT2D eigenvalue weighted by atomic mass is 10.1. The van der Waals surface area contributed by atoms with Gasteiger partial charge in [-0.3, -0.25) is 0 Å². The maximum absolute atomic E-state index is 4.36. The summed E-state index contributed by atoms with van der Waals surface area (Å²) in [5, 5.41) is 14.4. The van der Waals surface area contributed by atoms with Gasteiger partial charge in [0.05, 0.1) is 0 Å². The van der Waals surface area contributed by atoms with E-state index >= 15 is 0 Å². The van der Waals surface area contributed by atoms with Crippen LogP contribution in [0.5, 0.6) is 0 Å². The number of benzene rings is 1. The van der Waals surface area contributed by atoms with Crippen LogP contribution in [0.1, 0.15) is 43.3 Å². The average molecular weight is 303 g/mol. The number of rotatable bonds is 5. The number of nitrogens with one attached hydrogen (secondary N) is 1. The molecule has 0 bridgehead atoms. The minimum absolute atomic E-state index is 0.185. The Morgan fingerprint density at radius 3 is 2.62 bits per heavy atom. The molecule has 1 N–H and O–H groups in total. The molecule has 0 fully saturated rings. The highest BCUT2D eigenvalue weighted by atomic mass is 32.1. The Balaban J connectivity index is 1.97. The van der Waals surface area contributed by atoms with Crippen LogP contribution in [0.2, 0.25) is 0 Å². The molecule has 0 spiro atoms. The van der Waals surface area contributed by atoms with Crippen molar-refractivity contribution in [2.24, 2.45) is 0 Å². The van der Waals surface area contributed by atoms with Crippen molar-refractivity contribution in [3.05, 3.63) is 34.3 Å². The first-order valence-electron chi connectivity index (χ1n) is 7.50. The summed E-state index contributed by atoms with van der Waals surface area (Å²) in [7, 11) is 0. The van der Waals surface area contributed by atoms with Crippen LogP contribution < -0.4 is 5.32 Å². The van der Waals surface area contributed by atoms with Gasteiger partial charge in [0.25, 0.3) is 0 Å². The average Bonchev–Trinajstić information content (AvgIpc) is 2.85. The largest absolute Gasteiger partial charge is 0.312 e. The van der Waals surface area contributed by atoms with E-state index in [0.29, 0.717) is 0 Å². The first-order chi connectivity index (χ1) is 9.85. The van der Waals surface area contributed by atoms with Crippen LogP contribution in [-0.2, 0) is 6.42 Å². The predicted molar refractivity (Wildman–Crippen MR) is 90.9 cm³/mol. The third kappa shape index (κ3) is 4.90. The van der Waals surface area contributed by atoms with Crippen molar-refractivity contribution >= 4 is 11.3 Å². The van der Waals surface area contributed by atoms with Crippen molar-refractivity contribution < 1.29 is 0 Å². The highest BCUT2D eigenvalue weighted by molar-refractivity contribution is 7.14. The molecule has 0 radical (unpaired) electrons. The minimum atomic E-state index is 0.185. The first kappa shape index (κ1) is 16.1. The molecule has 1 aromatic heterocycles. The van der Waals surface area contributed by atoms with Crippen molar-refractivity contribution in [2.75, 3.05) is 6.54 Å². The second kappa shape index (κ2) is 6.67. The molecule has 1 aromatic carbocycles. The second-order valence-electron chi connectivity index (χ2n) is 6.60. The summed E-state index contributed by atoms with van der Waals surface area (Å²) in [5.41, 5.74) is 3.93. The van der Waals surface area contributed by atoms with Gasteiger partial charge in [0.15, 0.2) is 0 Å². The third-order valence-electron chi connectivity index (χ3n) is 3.31. The van der Waals surface area contributed by atoms with Gasteiger partial charge in [-0.1, -0.05) is 29.0 Å². The summed E-state index contributed by atoms with van der Waals surface area (Å²) >= 11 is 1.72. The maximum Gasteiger partial charge on any atom is 0.148 e. The van der Waals surface area contributed by atoms with E-state index in [1.807, 2.05) is 0 Å². The molecule has 0 amide bonds. The van der Waals surface area contributed by atoms with E-state index in [1.165, 1.54) is 16.7 Å². The van der Waals surface area contributed by atoms with Crippen molar-refractivity contribution in [3.8, 4) is 10.6 Å². The molecule has 0 unspecified atom stereocenters. The lowest BCUT2D eigenvalue weighted by molar-refractivity contribution is 0.422. The highest BCUT2D eigenvalue weighted by Crippen LogP contribution is 2.27. The highest BCUT2D eigenvalue weighted by Gasteiger charge is 2.11. The fourth-order valence-corrected chi connectivity index (χ4v) is 3.10. The lowest BCUT2D eigenvalue weighted by Gasteiger charge is -2.20. The molecule has 21 heavy (non-hydrogen) atoms. The Morgan fingerprint density at radius 1 is 1.14 bits per heavy atom. The second-order valence-corrected chi connectivity index (χ2v) is 7.66. The Bertz CT molecular complexity index is 596. The topological polar surface area (TPSA) is 37.8 Å². The number of aromatic nitrogens is 2. The summed E-state index contributed by atoms with van der Waals surface area (Å²) in [6.07, 6.45) is 2.09. The van der Waals surface area contributed by atoms with Crippen LogP contribution in [0.4, 0.5) is 0 Å². The van der Waals surface area contributed by atoms with E-state index in [1.54, 1.807) is 11.3 Å². The Hall–Kier alpha value is -1.26. The van der Waals surface area contributed by atoms with Crippen molar-refractivity contribution in [2.45, 2.75) is 53.0 Å². The normalized spacial score (nSPS) is 11.9. The Morgan fingerprint density at radius 2 is 1.90 bits per heavy atom. The zero-order valence-corrected chi connectivity index (χ0v) is 14.5. The smallest absolute Gasteiger partial charge is 0.148 e. The summed E-state index contributed by atoms with van der Waals surface area (Å²) < 4.78 is 0. The van der Waals surface area contributed by atoms with Gasteiger partial charge in [0.2, 0.25) is 0 Å². The molecular formula is C17H25N3S. The molecule has 114 valence electrons. The molecule has 0 aliphatic heterocycles. The van der Waals surface area contributed by atoms with Gasteiger partial charge in [0.1, 0.15) is 10.0 Å². The maximum atomic E-state index is 4.36. The van der Waals surface area contributed by atoms with Crippen molar-refractivity contribution in [1.82, 2.24) is 15.5 Å². The third-order valence-corrected chi connectivity index (χ3v) is 4.33. The molecule has 2 aromatic rings. The van der Waals surface area contributed by atoms with Crippen LogP contribution in [-0.4, -0.2) is 22.3 Å². The molecule has 0 saturated carbocycles. The quantitative estimate of drug-likeness (QED) is 0.843. The molecule has 3 nitrogen and oxygen atoms in total. The predicted octanol–water partition coefficient (Wildman–Crippen LogP) is 4.14. The fourth-order valence-electron chi connectivity index (χ4n) is 2.13. The molecule has 0 aliphatic rings. The van der Waals surface area contributed by atoms with Gasteiger partial charge < -0.3 is 5.32 Å². The lowest BCUT2D eigenvalue weighted by Crippen LogP contribution is -2.36. The molecule has 1 heterocycles. The van der Waals surface area contributed by atoms with E-state index < -0.39 is 0 Å². The van der Waals surface area contributed by atoms with Crippen molar-refractivity contribution in [1.29, 1.82) is 0 Å². The summed E-state index contributed by atoms with van der Waals surface area (Å²) in [6, 6.07) is 6.48. The van der Waals surface area contributed by atoms with E-state index in [-0.39, 0.29) is 5.54 Å². The van der Waals surface area contributed by atoms with Gasteiger partial charge in [0, 0.05) is 17.5 Å². The van der Waals surface area contributed by atoms with Crippen LogP contribution in [0.3, 0.4) is 0 Å². The Kier molecular flexibility index (Phi) is 5.12. The minimum Gasteiger partial charge on any atom is -0.312 e. The Labute approximate surface area is 131 Å². The van der Waals surface area contributed by atoms with E-state index in [0.717, 1.165) is 29.4 Å². The van der Waals surface area contributed by atoms with E-state index in [4.69, 9.17) is 0 Å². The summed E-state index contributed by atoms with van der Waals surface area (Å²) in [5.74, 6) is 0. The van der Waals surface area contributed by atoms with Gasteiger partial charge in [-0.2, -0.15) is 0 Å². The molecule has 0 aliphatic carbocycles. The standard InChI is InChI=1S/C17H25N3S/c1-12-8-9-13(2)14(11-12)16-20-19-15(21-16)7-6-10-18-17(3,4)5/h8-9,11,18H,6-7,10H2,1-5H3. The number of aryl methyl sites for hydroxylation is 3. The van der Waals surface area contributed by atoms with E-state index in [9.17, 15) is 0 Å². The van der Waals surface area contributed by atoms with Crippen molar-refractivity contribution in [3.63, 3.8) is 0 Å². The summed E-state index contributed by atoms with van der Waals surface area (Å²) in [6.45, 7) is 11.8. The van der Waals surface area contributed by atoms with Crippen LogP contribution in [0.25, 0.3) is 10.6 Å². The number of hydrogen-bond acceptors (Lipinski definition) is 4. The van der Waals surface area contributed by atoms with Crippen LogP contribution >= 0.6 is 11.3 Å². The fraction of sp³-hybridized carbons (Fsp3) is 0.529. The monoisotopic (exact) mass is 303 g/mol. The number of hydrogen-bond donors (Lipinski definition) is 1. The van der Waals surface area contributed by atoms with Gasteiger partial charge in [-0.15, -0.1) is 10.2 Å². The molecular weight excluding hydrogens is 278 g/mol. The van der Waals surface area contributed by atoms with Crippen LogP contribution in [0.15, 0.2) is 18.2 Å². The number of nitrogens with zero attached hydrogens (tertiary/aromatic N) is 2. The zero-order chi connectivity index (χ0) is 15.5. The SMILES string of the molecule is Cc1ccc(C)c(-c2nnc(CCCNC(C)(C)C)s2)c1. The zero-order valence-electron chi connectivity index (χ0n) is 13.7. The van der Waals surface area contributed by atoms with E-state index in [2.05, 4.69) is 68.3 Å². The van der Waals surface area contributed by atoms with Gasteiger partial charge in [-0.05, 0) is 59.2 Å².